The van der Waals surface area contributed by atoms with Crippen LogP contribution in [0.5, 0.6) is 0 Å². The van der Waals surface area contributed by atoms with E-state index >= 15 is 0 Å². The Balaban J connectivity index is 2.18. The molecule has 4 heteroatoms. The SMILES string of the molecule is CC1CCCC(C)N1NC(=O)CCCCCCN. The fourth-order valence-electron chi connectivity index (χ4n) is 2.62. The van der Waals surface area contributed by atoms with E-state index in [9.17, 15) is 4.79 Å². The van der Waals surface area contributed by atoms with Crippen molar-refractivity contribution in [1.82, 2.24) is 10.4 Å². The molecule has 1 rings (SSSR count). The second-order valence-corrected chi connectivity index (χ2v) is 5.52. The third kappa shape index (κ3) is 5.36. The first-order valence-electron chi connectivity index (χ1n) is 7.43. The van der Waals surface area contributed by atoms with Crippen LogP contribution in [0.2, 0.25) is 0 Å². The van der Waals surface area contributed by atoms with Gasteiger partial charge in [0.05, 0.1) is 0 Å². The lowest BCUT2D eigenvalue weighted by atomic mass is 10.00. The summed E-state index contributed by atoms with van der Waals surface area (Å²) in [7, 11) is 0. The molecular weight excluding hydrogens is 226 g/mol. The number of piperidine rings is 1. The topological polar surface area (TPSA) is 58.4 Å². The zero-order valence-electron chi connectivity index (χ0n) is 12.0. The Morgan fingerprint density at radius 3 is 2.39 bits per heavy atom. The molecule has 1 aliphatic rings. The van der Waals surface area contributed by atoms with Gasteiger partial charge in [0.2, 0.25) is 5.91 Å². The number of carbonyl (C=O) groups is 1. The zero-order chi connectivity index (χ0) is 13.4. The first kappa shape index (κ1) is 15.4. The molecule has 1 saturated heterocycles. The van der Waals surface area contributed by atoms with E-state index in [4.69, 9.17) is 5.73 Å². The normalized spacial score (nSPS) is 25.1. The van der Waals surface area contributed by atoms with Gasteiger partial charge in [-0.2, -0.15) is 0 Å². The lowest BCUT2D eigenvalue weighted by Crippen LogP contribution is -2.54. The van der Waals surface area contributed by atoms with Gasteiger partial charge >= 0.3 is 0 Å². The Morgan fingerprint density at radius 2 is 1.78 bits per heavy atom. The van der Waals surface area contributed by atoms with Crippen molar-refractivity contribution in [1.29, 1.82) is 0 Å². The maximum atomic E-state index is 11.9. The number of amides is 1. The highest BCUT2D eigenvalue weighted by Gasteiger charge is 2.25. The summed E-state index contributed by atoms with van der Waals surface area (Å²) in [5, 5.41) is 2.14. The molecule has 0 aromatic heterocycles. The van der Waals surface area contributed by atoms with Crippen LogP contribution in [-0.2, 0) is 4.79 Å². The van der Waals surface area contributed by atoms with E-state index in [0.717, 1.165) is 32.2 Å². The molecule has 0 aliphatic carbocycles. The summed E-state index contributed by atoms with van der Waals surface area (Å²) in [4.78, 5) is 11.9. The molecule has 1 fully saturated rings. The van der Waals surface area contributed by atoms with Crippen molar-refractivity contribution in [2.75, 3.05) is 6.54 Å². The third-order valence-electron chi connectivity index (χ3n) is 3.81. The highest BCUT2D eigenvalue weighted by molar-refractivity contribution is 5.75. The maximum Gasteiger partial charge on any atom is 0.234 e. The molecule has 1 heterocycles. The number of rotatable bonds is 7. The van der Waals surface area contributed by atoms with Crippen LogP contribution >= 0.6 is 0 Å². The molecule has 106 valence electrons. The van der Waals surface area contributed by atoms with Crippen molar-refractivity contribution in [3.8, 4) is 0 Å². The molecule has 0 aromatic carbocycles. The van der Waals surface area contributed by atoms with Crippen LogP contribution in [0.4, 0.5) is 0 Å². The van der Waals surface area contributed by atoms with E-state index in [1.165, 1.54) is 19.3 Å². The molecular formula is C14H29N3O. The molecule has 1 aliphatic heterocycles. The van der Waals surface area contributed by atoms with Crippen molar-refractivity contribution < 1.29 is 4.79 Å². The smallest absolute Gasteiger partial charge is 0.234 e. The van der Waals surface area contributed by atoms with Crippen molar-refractivity contribution in [3.63, 3.8) is 0 Å². The van der Waals surface area contributed by atoms with Crippen molar-refractivity contribution >= 4 is 5.91 Å². The van der Waals surface area contributed by atoms with E-state index in [-0.39, 0.29) is 5.91 Å². The highest BCUT2D eigenvalue weighted by atomic mass is 16.2. The van der Waals surface area contributed by atoms with Gasteiger partial charge in [-0.25, -0.2) is 5.01 Å². The average Bonchev–Trinajstić information content (AvgIpc) is 2.34. The van der Waals surface area contributed by atoms with Gasteiger partial charge in [0.15, 0.2) is 0 Å². The summed E-state index contributed by atoms with van der Waals surface area (Å²) in [6.45, 7) is 5.14. The number of nitrogens with one attached hydrogen (secondary N) is 1. The Hall–Kier alpha value is -0.610. The molecule has 2 atom stereocenters. The third-order valence-corrected chi connectivity index (χ3v) is 3.81. The van der Waals surface area contributed by atoms with Crippen LogP contribution in [0, 0.1) is 0 Å². The fourth-order valence-corrected chi connectivity index (χ4v) is 2.62. The van der Waals surface area contributed by atoms with Crippen LogP contribution in [0.15, 0.2) is 0 Å². The molecule has 0 saturated carbocycles. The van der Waals surface area contributed by atoms with Gasteiger partial charge < -0.3 is 5.73 Å². The number of carbonyl (C=O) groups excluding carboxylic acids is 1. The molecule has 18 heavy (non-hydrogen) atoms. The Labute approximate surface area is 111 Å². The zero-order valence-corrected chi connectivity index (χ0v) is 12.0. The van der Waals surface area contributed by atoms with Gasteiger partial charge in [0, 0.05) is 18.5 Å². The standard InChI is InChI=1S/C14H29N3O/c1-12-8-7-9-13(2)17(12)16-14(18)10-5-3-4-6-11-15/h12-13H,3-11,15H2,1-2H3,(H,16,18). The van der Waals surface area contributed by atoms with Gasteiger partial charge in [0.25, 0.3) is 0 Å². The Kier molecular flexibility index (Phi) is 7.28. The van der Waals surface area contributed by atoms with Crippen LogP contribution < -0.4 is 11.2 Å². The van der Waals surface area contributed by atoms with Gasteiger partial charge in [-0.1, -0.05) is 19.3 Å². The summed E-state index contributed by atoms with van der Waals surface area (Å²) in [5.74, 6) is 0.170. The van der Waals surface area contributed by atoms with Gasteiger partial charge in [-0.3, -0.25) is 10.2 Å². The Bertz CT molecular complexity index is 235. The minimum atomic E-state index is 0.170. The lowest BCUT2D eigenvalue weighted by molar-refractivity contribution is -0.129. The first-order chi connectivity index (χ1) is 8.65. The number of nitrogens with zero attached hydrogens (tertiary/aromatic N) is 1. The number of unbranched alkanes of at least 4 members (excludes halogenated alkanes) is 3. The van der Waals surface area contributed by atoms with Gasteiger partial charge in [-0.05, 0) is 46.1 Å². The van der Waals surface area contributed by atoms with Crippen LogP contribution in [0.25, 0.3) is 0 Å². The molecule has 2 unspecified atom stereocenters. The number of hydrogen-bond acceptors (Lipinski definition) is 3. The highest BCUT2D eigenvalue weighted by Crippen LogP contribution is 2.20. The maximum absolute atomic E-state index is 11.9. The second kappa shape index (κ2) is 8.48. The first-order valence-corrected chi connectivity index (χ1v) is 7.43. The lowest BCUT2D eigenvalue weighted by Gasteiger charge is -2.38. The molecule has 3 N–H and O–H groups in total. The van der Waals surface area contributed by atoms with Crippen LogP contribution in [0.1, 0.15) is 65.2 Å². The molecule has 0 aromatic rings. The quantitative estimate of drug-likeness (QED) is 0.686. The summed E-state index contributed by atoms with van der Waals surface area (Å²) >= 11 is 0. The summed E-state index contributed by atoms with van der Waals surface area (Å²) in [6.07, 6.45) is 8.57. The summed E-state index contributed by atoms with van der Waals surface area (Å²) in [5.41, 5.74) is 8.52. The van der Waals surface area contributed by atoms with Crippen LogP contribution in [-0.4, -0.2) is 29.5 Å². The van der Waals surface area contributed by atoms with E-state index in [1.807, 2.05) is 0 Å². The van der Waals surface area contributed by atoms with Gasteiger partial charge in [-0.15, -0.1) is 0 Å². The fraction of sp³-hybridized carbons (Fsp3) is 0.929. The van der Waals surface area contributed by atoms with Crippen molar-refractivity contribution in [2.24, 2.45) is 5.73 Å². The van der Waals surface area contributed by atoms with Gasteiger partial charge in [0.1, 0.15) is 0 Å². The van der Waals surface area contributed by atoms with E-state index in [2.05, 4.69) is 24.3 Å². The number of hydrazine groups is 1. The number of nitrogens with two attached hydrogens (primary N) is 1. The molecule has 1 amide bonds. The van der Waals surface area contributed by atoms with Crippen LogP contribution in [0.3, 0.4) is 0 Å². The summed E-state index contributed by atoms with van der Waals surface area (Å²) in [6, 6.07) is 0.935. The molecule has 0 radical (unpaired) electrons. The Morgan fingerprint density at radius 1 is 1.17 bits per heavy atom. The summed E-state index contributed by atoms with van der Waals surface area (Å²) < 4.78 is 0. The van der Waals surface area contributed by atoms with Crippen molar-refractivity contribution in [2.45, 2.75) is 77.3 Å². The monoisotopic (exact) mass is 255 g/mol. The van der Waals surface area contributed by atoms with E-state index in [1.54, 1.807) is 0 Å². The minimum Gasteiger partial charge on any atom is -0.330 e. The second-order valence-electron chi connectivity index (χ2n) is 5.52. The predicted molar refractivity (Wildman–Crippen MR) is 74.9 cm³/mol. The number of hydrogen-bond donors (Lipinski definition) is 2. The largest absolute Gasteiger partial charge is 0.330 e. The van der Waals surface area contributed by atoms with E-state index < -0.39 is 0 Å². The van der Waals surface area contributed by atoms with Crippen molar-refractivity contribution in [3.05, 3.63) is 0 Å². The molecule has 4 nitrogen and oxygen atoms in total. The molecule has 0 spiro atoms. The average molecular weight is 255 g/mol. The minimum absolute atomic E-state index is 0.170. The van der Waals surface area contributed by atoms with E-state index in [0.29, 0.717) is 18.5 Å². The molecule has 0 bridgehead atoms. The predicted octanol–water partition coefficient (Wildman–Crippen LogP) is 2.19.